The topological polar surface area (TPSA) is 71.5 Å². The van der Waals surface area contributed by atoms with Gasteiger partial charge in [-0.1, -0.05) is 13.2 Å². The maximum Gasteiger partial charge on any atom is 0.483 e. The maximum absolute atomic E-state index is 12.1. The molecule has 0 aromatic carbocycles. The molecule has 3 atom stereocenters. The Morgan fingerprint density at radius 3 is 2.00 bits per heavy atom. The second-order valence-corrected chi connectivity index (χ2v) is 9.53. The van der Waals surface area contributed by atoms with Crippen molar-refractivity contribution in [3.8, 4) is 0 Å². The first kappa shape index (κ1) is 15.6. The standard InChI is InChI=1S/C10H17NO4P2S/c1-3-7-16(12)11(17(13)8-4-2)10-6-5-9-18(10,14)15/h3-4,10H,1-2,5-9H2/q+2. The van der Waals surface area contributed by atoms with E-state index in [1.807, 2.05) is 0 Å². The quantitative estimate of drug-likeness (QED) is 0.534. The van der Waals surface area contributed by atoms with Crippen molar-refractivity contribution in [2.24, 2.45) is 0 Å². The van der Waals surface area contributed by atoms with Crippen LogP contribution in [0.1, 0.15) is 12.8 Å². The zero-order valence-electron chi connectivity index (χ0n) is 10.1. The zero-order valence-corrected chi connectivity index (χ0v) is 12.7. The lowest BCUT2D eigenvalue weighted by molar-refractivity contribution is 0.486. The second kappa shape index (κ2) is 6.67. The summed E-state index contributed by atoms with van der Waals surface area (Å²) in [7, 11) is -7.34. The molecule has 0 bridgehead atoms. The molecule has 0 radical (unpaired) electrons. The van der Waals surface area contributed by atoms with Crippen LogP contribution in [0, 0.1) is 0 Å². The Morgan fingerprint density at radius 1 is 1.17 bits per heavy atom. The lowest BCUT2D eigenvalue weighted by Crippen LogP contribution is -2.29. The van der Waals surface area contributed by atoms with E-state index in [0.29, 0.717) is 12.8 Å². The van der Waals surface area contributed by atoms with Gasteiger partial charge >= 0.3 is 15.9 Å². The van der Waals surface area contributed by atoms with Gasteiger partial charge in [-0.2, -0.15) is 0 Å². The molecule has 8 heteroatoms. The van der Waals surface area contributed by atoms with E-state index in [4.69, 9.17) is 0 Å². The van der Waals surface area contributed by atoms with Crippen molar-refractivity contribution >= 4 is 25.7 Å². The van der Waals surface area contributed by atoms with E-state index in [0.717, 1.165) is 4.44 Å². The molecule has 1 aliphatic rings. The van der Waals surface area contributed by atoms with Gasteiger partial charge in [0.15, 0.2) is 22.2 Å². The molecule has 0 aliphatic carbocycles. The van der Waals surface area contributed by atoms with Gasteiger partial charge in [0.25, 0.3) is 0 Å². The van der Waals surface area contributed by atoms with Crippen LogP contribution in [0.4, 0.5) is 0 Å². The number of nitrogens with zero attached hydrogens (tertiary/aromatic N) is 1. The molecule has 0 spiro atoms. The van der Waals surface area contributed by atoms with Gasteiger partial charge in [-0.15, -0.1) is 0 Å². The summed E-state index contributed by atoms with van der Waals surface area (Å²) in [4.78, 5) is 0. The van der Waals surface area contributed by atoms with Gasteiger partial charge in [0.1, 0.15) is 4.44 Å². The van der Waals surface area contributed by atoms with E-state index >= 15 is 0 Å². The Morgan fingerprint density at radius 2 is 1.67 bits per heavy atom. The first-order valence-electron chi connectivity index (χ1n) is 5.55. The van der Waals surface area contributed by atoms with Crippen LogP contribution in [0.2, 0.25) is 0 Å². The molecule has 1 rings (SSSR count). The Bertz CT molecular complexity index is 452. The third-order valence-corrected chi connectivity index (χ3v) is 8.84. The summed E-state index contributed by atoms with van der Waals surface area (Å²) in [6.07, 6.45) is 4.09. The normalized spacial score (nSPS) is 23.7. The highest BCUT2D eigenvalue weighted by Gasteiger charge is 2.55. The molecule has 5 nitrogen and oxygen atoms in total. The van der Waals surface area contributed by atoms with Gasteiger partial charge in [0.2, 0.25) is 5.37 Å². The lowest BCUT2D eigenvalue weighted by atomic mass is 10.3. The fourth-order valence-corrected chi connectivity index (χ4v) is 7.88. The summed E-state index contributed by atoms with van der Waals surface area (Å²) >= 11 is 0. The van der Waals surface area contributed by atoms with Crippen molar-refractivity contribution in [3.63, 3.8) is 0 Å². The summed E-state index contributed by atoms with van der Waals surface area (Å²) in [6, 6.07) is 0. The largest absolute Gasteiger partial charge is 0.483 e. The second-order valence-electron chi connectivity index (χ2n) is 3.93. The predicted molar refractivity (Wildman–Crippen MR) is 74.0 cm³/mol. The summed E-state index contributed by atoms with van der Waals surface area (Å²) in [5.41, 5.74) is 0. The van der Waals surface area contributed by atoms with Gasteiger partial charge in [-0.25, -0.2) is 8.42 Å². The van der Waals surface area contributed by atoms with Crippen LogP contribution in [-0.4, -0.2) is 36.3 Å². The minimum absolute atomic E-state index is 0.0721. The third kappa shape index (κ3) is 3.55. The minimum Gasteiger partial charge on any atom is -0.227 e. The average Bonchev–Trinajstić information content (AvgIpc) is 2.60. The fraction of sp³-hybridized carbons (Fsp3) is 0.600. The first-order chi connectivity index (χ1) is 8.44. The van der Waals surface area contributed by atoms with Crippen molar-refractivity contribution in [1.82, 2.24) is 4.44 Å². The highest BCUT2D eigenvalue weighted by Crippen LogP contribution is 2.48. The average molecular weight is 309 g/mol. The molecule has 0 aromatic rings. The van der Waals surface area contributed by atoms with Crippen LogP contribution >= 0.6 is 15.9 Å². The van der Waals surface area contributed by atoms with Crippen LogP contribution in [0.15, 0.2) is 25.3 Å². The number of hydrogen-bond acceptors (Lipinski definition) is 4. The number of allylic oxidation sites excluding steroid dienone is 2. The van der Waals surface area contributed by atoms with Gasteiger partial charge in [-0.3, -0.25) is 0 Å². The summed E-state index contributed by atoms with van der Waals surface area (Å²) in [6.45, 7) is 6.95. The molecule has 1 heterocycles. The number of hydrogen-bond donors (Lipinski definition) is 0. The SMILES string of the molecule is C=CC[P+](=O)N(C1CCCS1(=O)=O)[P+](=O)CC=C. The molecule has 100 valence electrons. The van der Waals surface area contributed by atoms with Crippen molar-refractivity contribution in [1.29, 1.82) is 0 Å². The van der Waals surface area contributed by atoms with Gasteiger partial charge < -0.3 is 0 Å². The summed E-state index contributed by atoms with van der Waals surface area (Å²) < 4.78 is 49.0. The molecule has 1 fully saturated rings. The van der Waals surface area contributed by atoms with Crippen molar-refractivity contribution in [2.45, 2.75) is 18.2 Å². The van der Waals surface area contributed by atoms with Crippen molar-refractivity contribution in [3.05, 3.63) is 25.3 Å². The van der Waals surface area contributed by atoms with Crippen molar-refractivity contribution in [2.75, 3.05) is 18.1 Å². The Balaban J connectivity index is 3.04. The highest BCUT2D eigenvalue weighted by molar-refractivity contribution is 7.92. The molecule has 1 saturated heterocycles. The van der Waals surface area contributed by atoms with E-state index in [9.17, 15) is 17.5 Å². The maximum atomic E-state index is 12.1. The van der Waals surface area contributed by atoms with Crippen LogP contribution < -0.4 is 0 Å². The van der Waals surface area contributed by atoms with Crippen molar-refractivity contribution < 1.29 is 17.5 Å². The van der Waals surface area contributed by atoms with Crippen LogP contribution in [0.5, 0.6) is 0 Å². The molecular formula is C10H17NO4P2S+2. The fourth-order valence-electron chi connectivity index (χ4n) is 1.82. The number of rotatable bonds is 7. The monoisotopic (exact) mass is 309 g/mol. The Kier molecular flexibility index (Phi) is 5.80. The van der Waals surface area contributed by atoms with E-state index in [1.165, 1.54) is 12.2 Å². The van der Waals surface area contributed by atoms with E-state index < -0.39 is 31.1 Å². The molecule has 0 aromatic heterocycles. The van der Waals surface area contributed by atoms with Crippen LogP contribution in [0.3, 0.4) is 0 Å². The van der Waals surface area contributed by atoms with Crippen LogP contribution in [0.25, 0.3) is 0 Å². The van der Waals surface area contributed by atoms with Crippen LogP contribution in [-0.2, 0) is 19.0 Å². The Labute approximate surface area is 110 Å². The zero-order chi connectivity index (χ0) is 13.8. The predicted octanol–water partition coefficient (Wildman–Crippen LogP) is 2.68. The summed E-state index contributed by atoms with van der Waals surface area (Å²) in [5.74, 6) is 0.0721. The van der Waals surface area contributed by atoms with E-state index in [2.05, 4.69) is 13.2 Å². The minimum atomic E-state index is -3.32. The van der Waals surface area contributed by atoms with E-state index in [1.54, 1.807) is 0 Å². The first-order valence-corrected chi connectivity index (χ1v) is 10.1. The molecular weight excluding hydrogens is 292 g/mol. The third-order valence-electron chi connectivity index (χ3n) is 2.58. The molecule has 3 unspecified atom stereocenters. The number of sulfone groups is 1. The molecule has 1 aliphatic heterocycles. The van der Waals surface area contributed by atoms with E-state index in [-0.39, 0.29) is 18.1 Å². The molecule has 0 saturated carbocycles. The van der Waals surface area contributed by atoms with Gasteiger partial charge in [0, 0.05) is 0 Å². The highest BCUT2D eigenvalue weighted by atomic mass is 32.2. The Hall–Kier alpha value is -0.410. The summed E-state index contributed by atoms with van der Waals surface area (Å²) in [5, 5.41) is -0.885. The van der Waals surface area contributed by atoms with Gasteiger partial charge in [-0.05, 0) is 34.1 Å². The molecule has 0 amide bonds. The lowest BCUT2D eigenvalue weighted by Gasteiger charge is -2.07. The smallest absolute Gasteiger partial charge is 0.227 e. The molecule has 18 heavy (non-hydrogen) atoms. The van der Waals surface area contributed by atoms with Gasteiger partial charge in [0.05, 0.1) is 5.75 Å². The molecule has 0 N–H and O–H groups in total.